The number of piperidine rings is 1. The number of aliphatic hydroxyl groups is 1. The Morgan fingerprint density at radius 2 is 1.68 bits per heavy atom. The lowest BCUT2D eigenvalue weighted by Gasteiger charge is -2.36. The predicted molar refractivity (Wildman–Crippen MR) is 226 cm³/mol. The third-order valence-corrected chi connectivity index (χ3v) is 12.6. The van der Waals surface area contributed by atoms with Crippen LogP contribution in [-0.2, 0) is 23.8 Å². The summed E-state index contributed by atoms with van der Waals surface area (Å²) in [6.45, 7) is 20.4. The molecule has 0 radical (unpaired) electrons. The van der Waals surface area contributed by atoms with Gasteiger partial charge in [-0.25, -0.2) is 0 Å². The summed E-state index contributed by atoms with van der Waals surface area (Å²) in [4.78, 5) is 53.7. The van der Waals surface area contributed by atoms with Gasteiger partial charge in [0.15, 0.2) is 11.4 Å². The molecule has 2 unspecified atom stereocenters. The van der Waals surface area contributed by atoms with E-state index in [-0.39, 0.29) is 61.6 Å². The van der Waals surface area contributed by atoms with Crippen molar-refractivity contribution in [2.75, 3.05) is 32.1 Å². The van der Waals surface area contributed by atoms with Gasteiger partial charge >= 0.3 is 11.8 Å². The maximum Gasteiger partial charge on any atom is 0.312 e. The predicted octanol–water partition coefficient (Wildman–Crippen LogP) is 5.78. The number of likely N-dealkylation sites (tertiary alicyclic amines) is 1. The summed E-state index contributed by atoms with van der Waals surface area (Å²) in [5.74, 6) is -4.94. The molecule has 1 fully saturated rings. The van der Waals surface area contributed by atoms with Crippen LogP contribution in [-0.4, -0.2) is 94.4 Å². The van der Waals surface area contributed by atoms with Crippen LogP contribution in [0.4, 0.5) is 5.69 Å². The van der Waals surface area contributed by atoms with Gasteiger partial charge in [-0.15, -0.1) is 0 Å². The van der Waals surface area contributed by atoms with Crippen LogP contribution in [0.3, 0.4) is 0 Å². The van der Waals surface area contributed by atoms with Crippen molar-refractivity contribution in [3.8, 4) is 17.2 Å². The van der Waals surface area contributed by atoms with E-state index >= 15 is 0 Å². The number of hydrogen-bond donors (Lipinski definition) is 4. The SMILES string of the molecule is CO[C@H]1/C=C/O[C@@]2(C)Oc3c(C)c(O)c4c(O)c(c5c(c4c3C2=O)=NC2(CCN(CC(C)C)CC2)N=5)NC(=O)/C(C)=C\C=C\C(C)C[C@@H](C)[C@@H](O)[C@@H](C)C(OC(C)=O)[C@@H]1C. The monoisotopic (exact) mass is 830 g/mol. The Labute approximate surface area is 352 Å². The maximum absolute atomic E-state index is 14.7. The standard InChI is InChI=1S/C46H62N4O10/c1-23(2)22-50-18-16-46(17-19-50)48-35-32-33-39(53)29(8)42-34(32)43(55)45(10,60-42)58-20-15-31(57-11)27(6)41(59-30(9)51)28(7)38(52)26(5)21-24(3)13-12-14-25(4)44(56)47-37(40(33)54)36(35)49-46/h12-15,20,23-24,26-28,31,38,41,52-54H,16-19,21-22H2,1-11H3,(H,47,56)/b13-12+,20-15+,25-14-/t24?,26-,27-,28-,31+,38-,41?,45+/m1/s1. The molecule has 4 aliphatic rings. The lowest BCUT2D eigenvalue weighted by Crippen LogP contribution is -2.44. The summed E-state index contributed by atoms with van der Waals surface area (Å²) in [5, 5.41) is 38.9. The number of nitrogens with one attached hydrogen (secondary N) is 1. The molecule has 4 bridgehead atoms. The highest BCUT2D eigenvalue weighted by molar-refractivity contribution is 6.19. The van der Waals surface area contributed by atoms with Crippen molar-refractivity contribution in [3.63, 3.8) is 0 Å². The van der Waals surface area contributed by atoms with Gasteiger partial charge in [0.1, 0.15) is 28.6 Å². The third-order valence-electron chi connectivity index (χ3n) is 12.6. The van der Waals surface area contributed by atoms with Gasteiger partial charge in [0.2, 0.25) is 0 Å². The first kappa shape index (κ1) is 44.8. The molecule has 0 saturated carbocycles. The van der Waals surface area contributed by atoms with Crippen molar-refractivity contribution in [1.29, 1.82) is 0 Å². The second-order valence-electron chi connectivity index (χ2n) is 17.9. The first-order chi connectivity index (χ1) is 28.2. The quantitative estimate of drug-likeness (QED) is 0.216. The van der Waals surface area contributed by atoms with Gasteiger partial charge in [-0.05, 0) is 44.1 Å². The van der Waals surface area contributed by atoms with Crippen LogP contribution < -0.4 is 20.8 Å². The van der Waals surface area contributed by atoms with Gasteiger partial charge in [0, 0.05) is 81.8 Å². The molecule has 4 aliphatic heterocycles. The average Bonchev–Trinajstić information content (AvgIpc) is 3.69. The molecule has 8 atom stereocenters. The van der Waals surface area contributed by atoms with E-state index in [1.54, 1.807) is 32.1 Å². The van der Waals surface area contributed by atoms with Gasteiger partial charge in [-0.2, -0.15) is 0 Å². The molecule has 60 heavy (non-hydrogen) atoms. The first-order valence-electron chi connectivity index (χ1n) is 21.1. The second kappa shape index (κ2) is 17.3. The van der Waals surface area contributed by atoms with Gasteiger partial charge in [-0.1, -0.05) is 59.8 Å². The van der Waals surface area contributed by atoms with E-state index in [9.17, 15) is 29.7 Å². The number of carbonyl (C=O) groups is 3. The van der Waals surface area contributed by atoms with Crippen molar-refractivity contribution in [3.05, 3.63) is 58.0 Å². The zero-order valence-corrected chi connectivity index (χ0v) is 36.8. The molecule has 0 aliphatic carbocycles. The summed E-state index contributed by atoms with van der Waals surface area (Å²) in [7, 11) is 1.51. The number of aliphatic hydroxyl groups excluding tert-OH is 1. The summed E-state index contributed by atoms with van der Waals surface area (Å²) < 4.78 is 24.1. The molecule has 6 rings (SSSR count). The van der Waals surface area contributed by atoms with Gasteiger partial charge in [-0.3, -0.25) is 24.4 Å². The van der Waals surface area contributed by atoms with Crippen LogP contribution in [0.15, 0.2) is 46.1 Å². The van der Waals surface area contributed by atoms with Crippen LogP contribution in [0, 0.1) is 36.5 Å². The molecule has 4 heterocycles. The van der Waals surface area contributed by atoms with Crippen LogP contribution in [0.5, 0.6) is 17.2 Å². The minimum absolute atomic E-state index is 0.00582. The second-order valence-corrected chi connectivity index (χ2v) is 17.9. The van der Waals surface area contributed by atoms with Crippen molar-refractivity contribution in [2.45, 2.75) is 118 Å². The fourth-order valence-electron chi connectivity index (χ4n) is 9.26. The lowest BCUT2D eigenvalue weighted by atomic mass is 9.79. The number of ketones is 1. The highest BCUT2D eigenvalue weighted by Crippen LogP contribution is 2.50. The fraction of sp³-hybridized carbons (Fsp3) is 0.587. The number of esters is 1. The molecule has 0 aromatic heterocycles. The van der Waals surface area contributed by atoms with Crippen molar-refractivity contribution < 1.29 is 48.7 Å². The number of allylic oxidation sites excluding steroid dienone is 3. The number of rotatable bonds is 4. The molecule has 4 N–H and O–H groups in total. The van der Waals surface area contributed by atoms with Crippen molar-refractivity contribution in [1.82, 2.24) is 4.90 Å². The van der Waals surface area contributed by atoms with E-state index in [2.05, 4.69) is 24.1 Å². The Hall–Kier alpha value is -4.79. The van der Waals surface area contributed by atoms with Crippen LogP contribution in [0.2, 0.25) is 0 Å². The topological polar surface area (TPSA) is 189 Å². The summed E-state index contributed by atoms with van der Waals surface area (Å²) in [5.41, 5.74) is -0.378. The van der Waals surface area contributed by atoms with Gasteiger partial charge in [0.05, 0.1) is 34.8 Å². The van der Waals surface area contributed by atoms with E-state index in [1.165, 1.54) is 27.2 Å². The van der Waals surface area contributed by atoms with E-state index in [0.29, 0.717) is 30.8 Å². The molecule has 1 amide bonds. The Kier molecular flexibility index (Phi) is 12.9. The van der Waals surface area contributed by atoms with Crippen molar-refractivity contribution >= 4 is 34.1 Å². The first-order valence-corrected chi connectivity index (χ1v) is 21.1. The molecule has 2 aromatic rings. The van der Waals surface area contributed by atoms with Gasteiger partial charge in [0.25, 0.3) is 11.7 Å². The highest BCUT2D eigenvalue weighted by Gasteiger charge is 2.50. The number of ether oxygens (including phenoxy) is 4. The summed E-state index contributed by atoms with van der Waals surface area (Å²) in [6.07, 6.45) is 7.74. The number of Topliss-reactive ketones (excluding diaryl/α,β-unsaturated/α-hetero) is 1. The van der Waals surface area contributed by atoms with E-state index < -0.39 is 65.0 Å². The van der Waals surface area contributed by atoms with E-state index in [1.807, 2.05) is 33.8 Å². The Balaban J connectivity index is 1.53. The molecule has 2 aromatic carbocycles. The van der Waals surface area contributed by atoms with Crippen LogP contribution >= 0.6 is 0 Å². The van der Waals surface area contributed by atoms with Crippen molar-refractivity contribution in [2.24, 2.45) is 39.6 Å². The number of benzene rings is 2. The number of carbonyl (C=O) groups excluding carboxylic acids is 3. The number of methoxy groups -OCH3 is 1. The number of phenolic OH excluding ortho intramolecular Hbond substituents is 2. The molecule has 1 saturated heterocycles. The number of fused-ring (bicyclic) bond motifs is 1. The zero-order valence-electron chi connectivity index (χ0n) is 36.8. The zero-order chi connectivity index (χ0) is 44.0. The minimum atomic E-state index is -1.93. The van der Waals surface area contributed by atoms with Crippen LogP contribution in [0.1, 0.15) is 97.5 Å². The highest BCUT2D eigenvalue weighted by atomic mass is 16.7. The van der Waals surface area contributed by atoms with Gasteiger partial charge < -0.3 is 44.5 Å². The van der Waals surface area contributed by atoms with E-state index in [4.69, 9.17) is 28.9 Å². The number of aromatic hydroxyl groups is 2. The number of amides is 1. The largest absolute Gasteiger partial charge is 0.507 e. The fourth-order valence-corrected chi connectivity index (χ4v) is 9.26. The molecule has 326 valence electrons. The number of anilines is 1. The summed E-state index contributed by atoms with van der Waals surface area (Å²) in [6, 6.07) is 0. The van der Waals surface area contributed by atoms with Crippen LogP contribution in [0.25, 0.3) is 10.8 Å². The Bertz CT molecular complexity index is 2260. The van der Waals surface area contributed by atoms with E-state index in [0.717, 1.165) is 19.6 Å². The Morgan fingerprint density at radius 3 is 2.32 bits per heavy atom. The number of nitrogens with zero attached hydrogens (tertiary/aromatic N) is 3. The molecule has 1 spiro atoms. The molecular formula is C46H62N4O10. The minimum Gasteiger partial charge on any atom is -0.507 e. The molecular weight excluding hydrogens is 769 g/mol. The summed E-state index contributed by atoms with van der Waals surface area (Å²) >= 11 is 0. The Morgan fingerprint density at radius 1 is 1.02 bits per heavy atom. The molecule has 14 heteroatoms. The third kappa shape index (κ3) is 8.42. The smallest absolute Gasteiger partial charge is 0.312 e. The normalized spacial score (nSPS) is 31.8. The number of hydrogen-bond acceptors (Lipinski definition) is 13. The number of phenols is 2. The maximum atomic E-state index is 14.7. The molecule has 14 nitrogen and oxygen atoms in total. The average molecular weight is 831 g/mol. The lowest BCUT2D eigenvalue weighted by molar-refractivity contribution is -0.159.